The van der Waals surface area contributed by atoms with Crippen molar-refractivity contribution < 1.29 is 9.18 Å². The number of amides is 1. The van der Waals surface area contributed by atoms with Crippen molar-refractivity contribution in [1.82, 2.24) is 9.38 Å². The average molecular weight is 386 g/mol. The van der Waals surface area contributed by atoms with Gasteiger partial charge < -0.3 is 5.32 Å². The SMILES string of the molecule is O=C(Cc1ccccc1Cl)Nc1c(-c2ccc(F)cc2)nc2sccn12. The minimum Gasteiger partial charge on any atom is -0.310 e. The molecule has 130 valence electrons. The second-order valence-electron chi connectivity index (χ2n) is 5.69. The van der Waals surface area contributed by atoms with Crippen molar-refractivity contribution in [2.45, 2.75) is 6.42 Å². The van der Waals surface area contributed by atoms with Crippen molar-refractivity contribution in [3.63, 3.8) is 0 Å². The van der Waals surface area contributed by atoms with E-state index in [1.807, 2.05) is 34.2 Å². The van der Waals surface area contributed by atoms with Crippen LogP contribution in [0.25, 0.3) is 16.2 Å². The molecule has 0 saturated carbocycles. The summed E-state index contributed by atoms with van der Waals surface area (Å²) in [5, 5.41) is 5.36. The van der Waals surface area contributed by atoms with Gasteiger partial charge in [-0.2, -0.15) is 0 Å². The number of benzene rings is 2. The normalized spacial score (nSPS) is 11.0. The number of carbonyl (C=O) groups excluding carboxylic acids is 1. The largest absolute Gasteiger partial charge is 0.310 e. The highest BCUT2D eigenvalue weighted by molar-refractivity contribution is 7.15. The molecule has 2 aromatic heterocycles. The molecule has 0 radical (unpaired) electrons. The third-order valence-electron chi connectivity index (χ3n) is 3.95. The van der Waals surface area contributed by atoms with Crippen LogP contribution in [-0.4, -0.2) is 15.3 Å². The predicted molar refractivity (Wildman–Crippen MR) is 102 cm³/mol. The fraction of sp³-hybridized carbons (Fsp3) is 0.0526. The van der Waals surface area contributed by atoms with E-state index in [2.05, 4.69) is 10.3 Å². The Kier molecular flexibility index (Phi) is 4.44. The van der Waals surface area contributed by atoms with E-state index in [0.29, 0.717) is 16.5 Å². The number of hydrogen-bond donors (Lipinski definition) is 1. The molecule has 0 atom stereocenters. The molecule has 4 aromatic rings. The van der Waals surface area contributed by atoms with Crippen LogP contribution in [0, 0.1) is 5.82 Å². The van der Waals surface area contributed by atoms with E-state index in [1.54, 1.807) is 18.2 Å². The summed E-state index contributed by atoms with van der Waals surface area (Å²) in [6, 6.07) is 13.3. The van der Waals surface area contributed by atoms with Gasteiger partial charge in [0.1, 0.15) is 17.3 Å². The van der Waals surface area contributed by atoms with Gasteiger partial charge in [0.15, 0.2) is 4.96 Å². The molecule has 1 N–H and O–H groups in total. The van der Waals surface area contributed by atoms with E-state index >= 15 is 0 Å². The van der Waals surface area contributed by atoms with Crippen molar-refractivity contribution in [1.29, 1.82) is 0 Å². The highest BCUT2D eigenvalue weighted by atomic mass is 35.5. The lowest BCUT2D eigenvalue weighted by molar-refractivity contribution is -0.115. The molecular formula is C19H13ClFN3OS. The number of hydrogen-bond acceptors (Lipinski definition) is 3. The number of nitrogens with one attached hydrogen (secondary N) is 1. The van der Waals surface area contributed by atoms with E-state index in [1.165, 1.54) is 23.5 Å². The zero-order valence-electron chi connectivity index (χ0n) is 13.4. The first-order valence-corrected chi connectivity index (χ1v) is 9.12. The maximum absolute atomic E-state index is 13.2. The van der Waals surface area contributed by atoms with Crippen LogP contribution in [-0.2, 0) is 11.2 Å². The minimum atomic E-state index is -0.320. The number of rotatable bonds is 4. The van der Waals surface area contributed by atoms with Gasteiger partial charge in [-0.15, -0.1) is 11.3 Å². The molecule has 0 aliphatic heterocycles. The molecule has 2 aromatic carbocycles. The zero-order chi connectivity index (χ0) is 18.1. The van der Waals surface area contributed by atoms with Gasteiger partial charge in [-0.05, 0) is 35.9 Å². The Morgan fingerprint density at radius 3 is 2.73 bits per heavy atom. The van der Waals surface area contributed by atoms with E-state index in [4.69, 9.17) is 11.6 Å². The Labute approximate surface area is 157 Å². The molecule has 0 saturated heterocycles. The van der Waals surface area contributed by atoms with Gasteiger partial charge in [0.25, 0.3) is 0 Å². The van der Waals surface area contributed by atoms with Crippen molar-refractivity contribution in [2.75, 3.05) is 5.32 Å². The van der Waals surface area contributed by atoms with E-state index in [0.717, 1.165) is 16.1 Å². The van der Waals surface area contributed by atoms with Gasteiger partial charge in [0, 0.05) is 22.2 Å². The predicted octanol–water partition coefficient (Wildman–Crippen LogP) is 5.04. The zero-order valence-corrected chi connectivity index (χ0v) is 15.0. The summed E-state index contributed by atoms with van der Waals surface area (Å²) < 4.78 is 15.0. The molecule has 0 aliphatic carbocycles. The van der Waals surface area contributed by atoms with Crippen molar-refractivity contribution in [3.8, 4) is 11.3 Å². The number of thiazole rings is 1. The quantitative estimate of drug-likeness (QED) is 0.535. The van der Waals surface area contributed by atoms with E-state index < -0.39 is 0 Å². The van der Waals surface area contributed by atoms with Gasteiger partial charge in [-0.1, -0.05) is 29.8 Å². The van der Waals surface area contributed by atoms with E-state index in [9.17, 15) is 9.18 Å². The molecule has 0 unspecified atom stereocenters. The fourth-order valence-corrected chi connectivity index (χ4v) is 3.62. The van der Waals surface area contributed by atoms with E-state index in [-0.39, 0.29) is 18.1 Å². The maximum atomic E-state index is 13.2. The summed E-state index contributed by atoms with van der Waals surface area (Å²) in [6.45, 7) is 0. The van der Waals surface area contributed by atoms with Crippen LogP contribution >= 0.6 is 22.9 Å². The molecule has 0 spiro atoms. The lowest BCUT2D eigenvalue weighted by Crippen LogP contribution is -2.16. The van der Waals surface area contributed by atoms with Gasteiger partial charge in [0.2, 0.25) is 5.91 Å². The van der Waals surface area contributed by atoms with Crippen molar-refractivity contribution in [2.24, 2.45) is 0 Å². The van der Waals surface area contributed by atoms with Crippen LogP contribution in [0.15, 0.2) is 60.1 Å². The number of fused-ring (bicyclic) bond motifs is 1. The third kappa shape index (κ3) is 3.21. The van der Waals surface area contributed by atoms with Crippen LogP contribution in [0.4, 0.5) is 10.2 Å². The van der Waals surface area contributed by atoms with Crippen molar-refractivity contribution in [3.05, 3.63) is 76.5 Å². The molecule has 0 aliphatic rings. The molecular weight excluding hydrogens is 373 g/mol. The van der Waals surface area contributed by atoms with Gasteiger partial charge in [-0.3, -0.25) is 9.20 Å². The molecule has 7 heteroatoms. The highest BCUT2D eigenvalue weighted by Crippen LogP contribution is 2.31. The first-order valence-electron chi connectivity index (χ1n) is 7.86. The smallest absolute Gasteiger partial charge is 0.230 e. The Bertz CT molecular complexity index is 1090. The number of imidazole rings is 1. The molecule has 1 amide bonds. The molecule has 26 heavy (non-hydrogen) atoms. The van der Waals surface area contributed by atoms with Gasteiger partial charge in [-0.25, -0.2) is 9.37 Å². The van der Waals surface area contributed by atoms with Crippen LogP contribution in [0.1, 0.15) is 5.56 Å². The number of aromatic nitrogens is 2. The monoisotopic (exact) mass is 385 g/mol. The molecule has 0 bridgehead atoms. The maximum Gasteiger partial charge on any atom is 0.230 e. The summed E-state index contributed by atoms with van der Waals surface area (Å²) in [6.07, 6.45) is 1.99. The number of halogens is 2. The fourth-order valence-electron chi connectivity index (χ4n) is 2.71. The number of nitrogens with zero attached hydrogens (tertiary/aromatic N) is 2. The first-order chi connectivity index (χ1) is 12.6. The van der Waals surface area contributed by atoms with Crippen LogP contribution < -0.4 is 5.32 Å². The van der Waals surface area contributed by atoms with Crippen molar-refractivity contribution >= 4 is 39.6 Å². The van der Waals surface area contributed by atoms with Gasteiger partial charge in [0.05, 0.1) is 6.42 Å². The topological polar surface area (TPSA) is 46.4 Å². The van der Waals surface area contributed by atoms with Crippen LogP contribution in [0.5, 0.6) is 0 Å². The standard InChI is InChI=1S/C19H13ClFN3OS/c20-15-4-2-1-3-13(15)11-16(25)22-18-17(12-5-7-14(21)8-6-12)23-19-24(18)9-10-26-19/h1-10H,11H2,(H,22,25). The second kappa shape index (κ2) is 6.90. The third-order valence-corrected chi connectivity index (χ3v) is 5.07. The Morgan fingerprint density at radius 1 is 1.19 bits per heavy atom. The Hall–Kier alpha value is -2.70. The second-order valence-corrected chi connectivity index (χ2v) is 6.97. The number of carbonyl (C=O) groups is 1. The molecule has 4 nitrogen and oxygen atoms in total. The van der Waals surface area contributed by atoms with Crippen LogP contribution in [0.2, 0.25) is 5.02 Å². The highest BCUT2D eigenvalue weighted by Gasteiger charge is 2.18. The first kappa shape index (κ1) is 16.8. The summed E-state index contributed by atoms with van der Waals surface area (Å²) >= 11 is 7.60. The summed E-state index contributed by atoms with van der Waals surface area (Å²) in [5.41, 5.74) is 2.08. The van der Waals surface area contributed by atoms with Gasteiger partial charge >= 0.3 is 0 Å². The Morgan fingerprint density at radius 2 is 1.96 bits per heavy atom. The molecule has 4 rings (SSSR count). The average Bonchev–Trinajstić information content (AvgIpc) is 3.21. The lowest BCUT2D eigenvalue weighted by Gasteiger charge is -2.08. The van der Waals surface area contributed by atoms with Crippen LogP contribution in [0.3, 0.4) is 0 Å². The summed E-state index contributed by atoms with van der Waals surface area (Å²) in [7, 11) is 0. The summed E-state index contributed by atoms with van der Waals surface area (Å²) in [4.78, 5) is 17.9. The lowest BCUT2D eigenvalue weighted by atomic mass is 10.1. The summed E-state index contributed by atoms with van der Waals surface area (Å²) in [5.74, 6) is 0.0402. The minimum absolute atomic E-state index is 0.153. The Balaban J connectivity index is 1.68. The molecule has 0 fully saturated rings. The number of anilines is 1. The molecule has 2 heterocycles.